The molecule has 0 saturated carbocycles. The summed E-state index contributed by atoms with van der Waals surface area (Å²) in [5.41, 5.74) is 3.34. The van der Waals surface area contributed by atoms with Crippen LogP contribution in [0.4, 0.5) is 21.9 Å². The molecule has 2 aromatic carbocycles. The van der Waals surface area contributed by atoms with Crippen molar-refractivity contribution in [2.24, 2.45) is 14.1 Å². The Morgan fingerprint density at radius 2 is 1.50 bits per heavy atom. The molecule has 1 saturated heterocycles. The van der Waals surface area contributed by atoms with E-state index < -0.39 is 6.03 Å². The molecule has 10 heteroatoms. The summed E-state index contributed by atoms with van der Waals surface area (Å²) >= 11 is 6.22. The van der Waals surface area contributed by atoms with Gasteiger partial charge < -0.3 is 25.0 Å². The number of urea groups is 1. The van der Waals surface area contributed by atoms with Crippen molar-refractivity contribution in [3.05, 3.63) is 39.8 Å². The molecule has 2 N–H and O–H groups in total. The minimum Gasteiger partial charge on any atom is -0.495 e. The molecule has 1 aromatic heterocycles. The molecule has 9 nitrogen and oxygen atoms in total. The molecule has 0 spiro atoms. The van der Waals surface area contributed by atoms with Crippen LogP contribution in [0.25, 0.3) is 11.0 Å². The summed E-state index contributed by atoms with van der Waals surface area (Å²) in [6.07, 6.45) is 2.16. The highest BCUT2D eigenvalue weighted by molar-refractivity contribution is 6.32. The molecule has 1 aliphatic rings. The van der Waals surface area contributed by atoms with Crippen LogP contribution in [0, 0.1) is 0 Å². The topological polar surface area (TPSA) is 89.8 Å². The monoisotopic (exact) mass is 459 g/mol. The van der Waals surface area contributed by atoms with Crippen LogP contribution < -0.4 is 30.7 Å². The molecule has 1 aliphatic heterocycles. The smallest absolute Gasteiger partial charge is 0.328 e. The van der Waals surface area contributed by atoms with E-state index in [2.05, 4.69) is 15.5 Å². The van der Waals surface area contributed by atoms with Gasteiger partial charge in [0, 0.05) is 33.3 Å². The maximum absolute atomic E-state index is 12.9. The van der Waals surface area contributed by atoms with E-state index in [9.17, 15) is 9.59 Å². The number of amides is 2. The fraction of sp³-hybridized carbons (Fsp3) is 0.364. The number of benzene rings is 2. The Balaban J connectivity index is 1.69. The fourth-order valence-electron chi connectivity index (χ4n) is 4.09. The van der Waals surface area contributed by atoms with Crippen LogP contribution in [0.2, 0.25) is 5.02 Å². The number of ether oxygens (including phenoxy) is 2. The van der Waals surface area contributed by atoms with Crippen LogP contribution in [0.15, 0.2) is 29.1 Å². The van der Waals surface area contributed by atoms with Crippen molar-refractivity contribution in [1.82, 2.24) is 9.13 Å². The predicted molar refractivity (Wildman–Crippen MR) is 127 cm³/mol. The Morgan fingerprint density at radius 1 is 0.906 bits per heavy atom. The van der Waals surface area contributed by atoms with Gasteiger partial charge in [-0.2, -0.15) is 0 Å². The number of anilines is 3. The molecule has 2 amide bonds. The van der Waals surface area contributed by atoms with Crippen molar-refractivity contribution in [3.8, 4) is 11.5 Å². The van der Waals surface area contributed by atoms with Crippen LogP contribution in [0.5, 0.6) is 11.5 Å². The number of methoxy groups -OCH3 is 2. The normalized spacial score (nSPS) is 13.5. The Bertz CT molecular complexity index is 1240. The summed E-state index contributed by atoms with van der Waals surface area (Å²) in [7, 11) is 6.47. The second-order valence-corrected chi connectivity index (χ2v) is 8.13. The summed E-state index contributed by atoms with van der Waals surface area (Å²) < 4.78 is 13.7. The van der Waals surface area contributed by atoms with E-state index in [0.29, 0.717) is 27.9 Å². The zero-order chi connectivity index (χ0) is 23.0. The number of halogens is 1. The molecular formula is C22H26ClN5O4. The van der Waals surface area contributed by atoms with Gasteiger partial charge >= 0.3 is 11.7 Å². The first-order valence-electron chi connectivity index (χ1n) is 10.3. The lowest BCUT2D eigenvalue weighted by Crippen LogP contribution is -2.24. The minimum absolute atomic E-state index is 0.119. The highest BCUT2D eigenvalue weighted by Gasteiger charge is 2.21. The first kappa shape index (κ1) is 21.9. The second-order valence-electron chi connectivity index (χ2n) is 7.72. The summed E-state index contributed by atoms with van der Waals surface area (Å²) in [6.45, 7) is 1.79. The summed E-state index contributed by atoms with van der Waals surface area (Å²) in [6, 6.07) is 6.53. The van der Waals surface area contributed by atoms with E-state index in [0.717, 1.165) is 42.7 Å². The number of aromatic nitrogens is 2. The van der Waals surface area contributed by atoms with Gasteiger partial charge in [-0.05, 0) is 31.0 Å². The average molecular weight is 460 g/mol. The molecular weight excluding hydrogens is 434 g/mol. The number of rotatable bonds is 5. The number of nitrogens with one attached hydrogen (secondary N) is 2. The molecule has 0 radical (unpaired) electrons. The summed E-state index contributed by atoms with van der Waals surface area (Å²) in [5, 5.41) is 6.08. The standard InChI is InChI=1S/C22H26ClN5O4/c1-26-17-10-14(16(28-7-5-6-8-28)11-18(17)27(2)22(26)30)24-21(29)25-15-9-13(23)19(31-3)12-20(15)32-4/h9-12H,5-8H2,1-4H3,(H2,24,25,29). The highest BCUT2D eigenvalue weighted by Crippen LogP contribution is 2.37. The SMILES string of the molecule is COc1cc(OC)c(NC(=O)Nc2cc3c(cc2N2CCCC2)n(C)c(=O)n3C)cc1Cl. The Hall–Kier alpha value is -3.33. The Labute approximate surface area is 190 Å². The van der Waals surface area contributed by atoms with Gasteiger partial charge in [0.2, 0.25) is 0 Å². The molecule has 0 aliphatic carbocycles. The number of imidazole rings is 1. The van der Waals surface area contributed by atoms with Gasteiger partial charge in [-0.3, -0.25) is 9.13 Å². The lowest BCUT2D eigenvalue weighted by atomic mass is 10.2. The van der Waals surface area contributed by atoms with Crippen LogP contribution in [0.1, 0.15) is 12.8 Å². The van der Waals surface area contributed by atoms with Crippen molar-refractivity contribution in [3.63, 3.8) is 0 Å². The fourth-order valence-corrected chi connectivity index (χ4v) is 4.33. The summed E-state index contributed by atoms with van der Waals surface area (Å²) in [5.74, 6) is 0.864. The van der Waals surface area contributed by atoms with Crippen molar-refractivity contribution >= 4 is 45.7 Å². The molecule has 0 unspecified atom stereocenters. The van der Waals surface area contributed by atoms with Gasteiger partial charge in [-0.25, -0.2) is 9.59 Å². The Kier molecular flexibility index (Phi) is 5.92. The number of hydrogen-bond donors (Lipinski definition) is 2. The first-order chi connectivity index (χ1) is 15.3. The van der Waals surface area contributed by atoms with Crippen molar-refractivity contribution in [2.45, 2.75) is 12.8 Å². The first-order valence-corrected chi connectivity index (χ1v) is 10.7. The van der Waals surface area contributed by atoms with Gasteiger partial charge in [-0.1, -0.05) is 11.6 Å². The zero-order valence-corrected chi connectivity index (χ0v) is 19.2. The second kappa shape index (κ2) is 8.66. The van der Waals surface area contributed by atoms with E-state index in [-0.39, 0.29) is 5.69 Å². The average Bonchev–Trinajstić information content (AvgIpc) is 3.38. The quantitative estimate of drug-likeness (QED) is 0.605. The van der Waals surface area contributed by atoms with Gasteiger partial charge in [0.1, 0.15) is 11.5 Å². The van der Waals surface area contributed by atoms with Gasteiger partial charge in [0.25, 0.3) is 0 Å². The lowest BCUT2D eigenvalue weighted by molar-refractivity contribution is 0.262. The third kappa shape index (κ3) is 3.84. The van der Waals surface area contributed by atoms with E-state index >= 15 is 0 Å². The third-order valence-electron chi connectivity index (χ3n) is 5.81. The van der Waals surface area contributed by atoms with E-state index in [1.54, 1.807) is 35.4 Å². The third-order valence-corrected chi connectivity index (χ3v) is 6.10. The molecule has 4 rings (SSSR count). The minimum atomic E-state index is -0.453. The van der Waals surface area contributed by atoms with Crippen molar-refractivity contribution in [1.29, 1.82) is 0 Å². The lowest BCUT2D eigenvalue weighted by Gasteiger charge is -2.22. The molecule has 2 heterocycles. The van der Waals surface area contributed by atoms with Crippen LogP contribution in [-0.4, -0.2) is 42.5 Å². The van der Waals surface area contributed by atoms with Gasteiger partial charge in [0.05, 0.1) is 47.3 Å². The Morgan fingerprint density at radius 3 is 2.12 bits per heavy atom. The number of hydrogen-bond acceptors (Lipinski definition) is 5. The maximum atomic E-state index is 12.9. The molecule has 3 aromatic rings. The van der Waals surface area contributed by atoms with Gasteiger partial charge in [-0.15, -0.1) is 0 Å². The number of carbonyl (C=O) groups excluding carboxylic acids is 1. The largest absolute Gasteiger partial charge is 0.495 e. The predicted octanol–water partition coefficient (Wildman–Crippen LogP) is 3.79. The van der Waals surface area contributed by atoms with Gasteiger partial charge in [0.15, 0.2) is 0 Å². The van der Waals surface area contributed by atoms with E-state index in [1.165, 1.54) is 14.2 Å². The number of aryl methyl sites for hydroxylation is 2. The van der Waals surface area contributed by atoms with Crippen LogP contribution in [0.3, 0.4) is 0 Å². The molecule has 32 heavy (non-hydrogen) atoms. The van der Waals surface area contributed by atoms with E-state index in [4.69, 9.17) is 21.1 Å². The van der Waals surface area contributed by atoms with Crippen LogP contribution in [-0.2, 0) is 14.1 Å². The van der Waals surface area contributed by atoms with Crippen molar-refractivity contribution < 1.29 is 14.3 Å². The van der Waals surface area contributed by atoms with Crippen LogP contribution >= 0.6 is 11.6 Å². The zero-order valence-electron chi connectivity index (χ0n) is 18.5. The number of carbonyl (C=O) groups is 1. The van der Waals surface area contributed by atoms with Crippen molar-refractivity contribution in [2.75, 3.05) is 42.8 Å². The highest BCUT2D eigenvalue weighted by atomic mass is 35.5. The number of fused-ring (bicyclic) bond motifs is 1. The molecule has 0 bridgehead atoms. The molecule has 1 fully saturated rings. The summed E-state index contributed by atoms with van der Waals surface area (Å²) in [4.78, 5) is 27.6. The maximum Gasteiger partial charge on any atom is 0.328 e. The van der Waals surface area contributed by atoms with E-state index in [1.807, 2.05) is 12.1 Å². The molecule has 0 atom stereocenters. The number of nitrogens with zero attached hydrogens (tertiary/aromatic N) is 3. The molecule has 170 valence electrons.